The minimum Gasteiger partial charge on any atom is -0.444 e. The quantitative estimate of drug-likeness (QED) is 0.639. The predicted octanol–water partition coefficient (Wildman–Crippen LogP) is 4.49. The zero-order valence-corrected chi connectivity index (χ0v) is 19.9. The molecule has 0 fully saturated rings. The van der Waals surface area contributed by atoms with Crippen molar-refractivity contribution in [1.82, 2.24) is 20.1 Å². The number of fused-ring (bicyclic) bond motifs is 2. The average Bonchev–Trinajstić information content (AvgIpc) is 3.03. The van der Waals surface area contributed by atoms with Crippen molar-refractivity contribution < 1.29 is 13.9 Å². The van der Waals surface area contributed by atoms with E-state index in [2.05, 4.69) is 35.2 Å². The van der Waals surface area contributed by atoms with Crippen LogP contribution in [0.2, 0.25) is 0 Å². The van der Waals surface area contributed by atoms with Gasteiger partial charge in [0.2, 0.25) is 0 Å². The molecule has 7 heteroatoms. The fourth-order valence-corrected chi connectivity index (χ4v) is 5.43. The second kappa shape index (κ2) is 7.75. The van der Waals surface area contributed by atoms with Gasteiger partial charge in [-0.1, -0.05) is 13.0 Å². The number of nitrogens with zero attached hydrogens (tertiary/aromatic N) is 3. The van der Waals surface area contributed by atoms with E-state index in [1.165, 1.54) is 5.57 Å². The molecule has 6 nitrogen and oxygen atoms in total. The molecule has 174 valence electrons. The van der Waals surface area contributed by atoms with Crippen molar-refractivity contribution in [3.05, 3.63) is 64.7 Å². The van der Waals surface area contributed by atoms with Gasteiger partial charge in [-0.05, 0) is 51.0 Å². The molecule has 1 amide bonds. The molecule has 1 aromatic heterocycles. The Labute approximate surface area is 194 Å². The summed E-state index contributed by atoms with van der Waals surface area (Å²) in [6.07, 6.45) is 8.02. The van der Waals surface area contributed by atoms with Gasteiger partial charge in [-0.3, -0.25) is 4.98 Å². The second-order valence-corrected chi connectivity index (χ2v) is 10.3. The Morgan fingerprint density at radius 2 is 2.12 bits per heavy atom. The first kappa shape index (κ1) is 21.7. The second-order valence-electron chi connectivity index (χ2n) is 10.3. The molecule has 0 radical (unpaired) electrons. The first-order valence-electron chi connectivity index (χ1n) is 11.6. The third kappa shape index (κ3) is 3.73. The monoisotopic (exact) mass is 450 g/mol. The zero-order chi connectivity index (χ0) is 23.5. The highest BCUT2D eigenvalue weighted by Crippen LogP contribution is 2.46. The molecule has 4 heterocycles. The molecule has 3 aliphatic heterocycles. The van der Waals surface area contributed by atoms with Gasteiger partial charge >= 0.3 is 6.09 Å². The lowest BCUT2D eigenvalue weighted by atomic mass is 9.78. The summed E-state index contributed by atoms with van der Waals surface area (Å²) in [6, 6.07) is 3.76. The van der Waals surface area contributed by atoms with E-state index in [0.29, 0.717) is 24.3 Å². The molecule has 0 saturated carbocycles. The number of hydrogen-bond donors (Lipinski definition) is 1. The molecular formula is C26H31FN4O2. The van der Waals surface area contributed by atoms with Gasteiger partial charge in [0.05, 0.1) is 23.5 Å². The highest BCUT2D eigenvalue weighted by molar-refractivity contribution is 5.85. The maximum absolute atomic E-state index is 15.1. The van der Waals surface area contributed by atoms with Crippen LogP contribution in [0.5, 0.6) is 0 Å². The van der Waals surface area contributed by atoms with Crippen molar-refractivity contribution in [3.63, 3.8) is 0 Å². The fourth-order valence-electron chi connectivity index (χ4n) is 5.43. The van der Waals surface area contributed by atoms with Crippen LogP contribution in [-0.2, 0) is 4.74 Å². The smallest absolute Gasteiger partial charge is 0.410 e. The van der Waals surface area contributed by atoms with E-state index in [1.54, 1.807) is 29.3 Å². The average molecular weight is 451 g/mol. The van der Waals surface area contributed by atoms with Crippen LogP contribution in [-0.4, -0.2) is 58.7 Å². The van der Waals surface area contributed by atoms with Gasteiger partial charge in [0.1, 0.15) is 11.4 Å². The largest absolute Gasteiger partial charge is 0.444 e. The molecule has 4 aliphatic rings. The van der Waals surface area contributed by atoms with Crippen molar-refractivity contribution in [1.29, 1.82) is 0 Å². The summed E-state index contributed by atoms with van der Waals surface area (Å²) < 4.78 is 20.6. The number of amides is 1. The number of allylic oxidation sites excluding steroid dienone is 1. The Morgan fingerprint density at radius 1 is 1.33 bits per heavy atom. The first-order valence-corrected chi connectivity index (χ1v) is 11.6. The van der Waals surface area contributed by atoms with Crippen molar-refractivity contribution in [2.45, 2.75) is 51.8 Å². The number of halogens is 1. The Bertz CT molecular complexity index is 1130. The number of ether oxygens (including phenoxy) is 1. The summed E-state index contributed by atoms with van der Waals surface area (Å²) in [6.45, 7) is 9.02. The summed E-state index contributed by atoms with van der Waals surface area (Å²) in [5.41, 5.74) is 4.87. The molecule has 0 bridgehead atoms. The highest BCUT2D eigenvalue weighted by Gasteiger charge is 2.45. The number of likely N-dealkylation sites (N-methyl/N-ethyl adjacent to an activating group) is 1. The van der Waals surface area contributed by atoms with Gasteiger partial charge in [0, 0.05) is 55.2 Å². The molecule has 1 aliphatic carbocycles. The van der Waals surface area contributed by atoms with Crippen molar-refractivity contribution in [2.75, 3.05) is 20.1 Å². The maximum atomic E-state index is 15.1. The van der Waals surface area contributed by atoms with Crippen LogP contribution < -0.4 is 5.32 Å². The lowest BCUT2D eigenvalue weighted by Crippen LogP contribution is -2.51. The van der Waals surface area contributed by atoms with E-state index in [0.717, 1.165) is 23.3 Å². The topological polar surface area (TPSA) is 57.7 Å². The standard InChI is InChI=1S/C26H31FN4O2/c1-15-21(16-8-11-31(12-9-16)25(32)33-26(2,3)4)29-23-20-17(14-30(5)24(15)20)13-19(27)18-7-6-10-28-22(18)23/h6-8,10,13-15,21,24,29H,9,11-12H2,1-5H3. The van der Waals surface area contributed by atoms with Gasteiger partial charge in [0.15, 0.2) is 0 Å². The number of carbonyl (C=O) groups excluding carboxylic acids is 1. The number of rotatable bonds is 1. The third-order valence-electron chi connectivity index (χ3n) is 6.86. The molecule has 3 atom stereocenters. The van der Waals surface area contributed by atoms with Gasteiger partial charge < -0.3 is 19.9 Å². The molecular weight excluding hydrogens is 419 g/mol. The SMILES string of the molecule is CC1C(C2=CCN(C(=O)OC(C)(C)C)CC2)NC2=C3C(=CN(C)C31)C=C(F)c1cccnc12. The van der Waals surface area contributed by atoms with Crippen molar-refractivity contribution in [2.24, 2.45) is 5.92 Å². The summed E-state index contributed by atoms with van der Waals surface area (Å²) >= 11 is 0. The fraction of sp³-hybridized carbons (Fsp3) is 0.462. The van der Waals surface area contributed by atoms with E-state index in [1.807, 2.05) is 27.0 Å². The van der Waals surface area contributed by atoms with Gasteiger partial charge in [-0.25, -0.2) is 9.18 Å². The number of carbonyl (C=O) groups is 1. The normalized spacial score (nSPS) is 26.5. The molecule has 1 N–H and O–H groups in total. The third-order valence-corrected chi connectivity index (χ3v) is 6.86. The zero-order valence-electron chi connectivity index (χ0n) is 19.9. The van der Waals surface area contributed by atoms with E-state index in [-0.39, 0.29) is 29.9 Å². The number of nitrogens with one attached hydrogen (secondary N) is 1. The van der Waals surface area contributed by atoms with Crippen molar-refractivity contribution in [3.8, 4) is 0 Å². The maximum Gasteiger partial charge on any atom is 0.410 e. The van der Waals surface area contributed by atoms with E-state index >= 15 is 4.39 Å². The Kier molecular flexibility index (Phi) is 5.10. The lowest BCUT2D eigenvalue weighted by Gasteiger charge is -2.43. The van der Waals surface area contributed by atoms with Crippen LogP contribution in [0, 0.1) is 5.92 Å². The van der Waals surface area contributed by atoms with Crippen LogP contribution in [0.25, 0.3) is 11.5 Å². The lowest BCUT2D eigenvalue weighted by molar-refractivity contribution is 0.0263. The van der Waals surface area contributed by atoms with Crippen molar-refractivity contribution >= 4 is 17.6 Å². The first-order chi connectivity index (χ1) is 15.6. The molecule has 0 saturated heterocycles. The Balaban J connectivity index is 1.47. The molecule has 5 rings (SSSR count). The minimum absolute atomic E-state index is 0.0701. The van der Waals surface area contributed by atoms with Crippen LogP contribution in [0.15, 0.2) is 53.4 Å². The Hall–Kier alpha value is -3.09. The summed E-state index contributed by atoms with van der Waals surface area (Å²) in [5, 5.41) is 3.74. The number of hydrogen-bond acceptors (Lipinski definition) is 5. The summed E-state index contributed by atoms with van der Waals surface area (Å²) in [7, 11) is 2.06. The highest BCUT2D eigenvalue weighted by atomic mass is 19.1. The van der Waals surface area contributed by atoms with Gasteiger partial charge in [-0.15, -0.1) is 0 Å². The summed E-state index contributed by atoms with van der Waals surface area (Å²) in [5.74, 6) is -0.00719. The summed E-state index contributed by atoms with van der Waals surface area (Å²) in [4.78, 5) is 21.0. The molecule has 0 aromatic carbocycles. The van der Waals surface area contributed by atoms with Crippen LogP contribution in [0.3, 0.4) is 0 Å². The number of aromatic nitrogens is 1. The Morgan fingerprint density at radius 3 is 2.82 bits per heavy atom. The van der Waals surface area contributed by atoms with Gasteiger partial charge in [-0.2, -0.15) is 0 Å². The molecule has 0 spiro atoms. The van der Waals surface area contributed by atoms with Gasteiger partial charge in [0.25, 0.3) is 0 Å². The van der Waals surface area contributed by atoms with E-state index < -0.39 is 5.60 Å². The predicted molar refractivity (Wildman–Crippen MR) is 126 cm³/mol. The molecule has 1 aromatic rings. The molecule has 3 unspecified atom stereocenters. The van der Waals surface area contributed by atoms with Crippen LogP contribution >= 0.6 is 0 Å². The van der Waals surface area contributed by atoms with E-state index in [9.17, 15) is 4.79 Å². The number of pyridine rings is 1. The van der Waals surface area contributed by atoms with Crippen LogP contribution in [0.4, 0.5) is 9.18 Å². The molecule has 33 heavy (non-hydrogen) atoms. The van der Waals surface area contributed by atoms with E-state index in [4.69, 9.17) is 4.74 Å². The van der Waals surface area contributed by atoms with Crippen LogP contribution in [0.1, 0.15) is 45.4 Å². The minimum atomic E-state index is -0.510.